The molecule has 386 valence electrons. The van der Waals surface area contributed by atoms with Crippen molar-refractivity contribution in [1.29, 1.82) is 0 Å². The summed E-state index contributed by atoms with van der Waals surface area (Å²) in [7, 11) is 0. The highest BCUT2D eigenvalue weighted by atomic mass is 16.6. The fraction of sp³-hybridized carbons (Fsp3) is 0.283. The van der Waals surface area contributed by atoms with Crippen LogP contribution in [0.3, 0.4) is 0 Å². The number of hydrogen-bond donors (Lipinski definition) is 5. The maximum Gasteiger partial charge on any atom is 0.408 e. The van der Waals surface area contributed by atoms with Gasteiger partial charge < -0.3 is 35.6 Å². The molecule has 3 amide bonds. The smallest absolute Gasteiger partial charge is 0.408 e. The van der Waals surface area contributed by atoms with Gasteiger partial charge >= 0.3 is 24.1 Å². The van der Waals surface area contributed by atoms with Gasteiger partial charge in [0, 0.05) is 18.8 Å². The van der Waals surface area contributed by atoms with Gasteiger partial charge in [-0.3, -0.25) is 19.2 Å². The summed E-state index contributed by atoms with van der Waals surface area (Å²) in [5.41, 5.74) is 5.00. The largest absolute Gasteiger partial charge is 0.481 e. The third-order valence-electron chi connectivity index (χ3n) is 11.9. The zero-order valence-corrected chi connectivity index (χ0v) is 41.7. The molecule has 0 spiro atoms. The topological polar surface area (TPSA) is 214 Å². The number of aliphatic carboxylic acids is 2. The normalized spacial score (nSPS) is 12.7. The summed E-state index contributed by atoms with van der Waals surface area (Å²) < 4.78 is 10.6. The standard InChI is InChI=1S/C33H38N2O6.C27H27NO5/c1-23(2)18-29(32(38)39)34-31(37)27(19-24-12-6-3-7-13-24)21-30(36)28(20-25-14-8-4-9-15-25)35-33(40)41-22-26-16-10-5-11-17-26;29-25(18-23(26(30)31)16-20-10-4-1-5-11-20)24(17-21-12-6-2-7-13-21)28-27(32)33-19-22-14-8-3-9-15-22/h3-17,23,27-29H,18-22H2,1-2H3,(H,34,37)(H,35,40)(H,38,39);1-15,23-24H,16-19H2,(H,28,32)(H,30,31)/t27-,28+,29+;23-,24+/m11/s1. The molecule has 0 aliphatic heterocycles. The average Bonchev–Trinajstić information content (AvgIpc) is 3.40. The van der Waals surface area contributed by atoms with Crippen LogP contribution >= 0.6 is 0 Å². The number of ketones is 2. The molecular weight excluding hydrogens is 939 g/mol. The van der Waals surface area contributed by atoms with Gasteiger partial charge in [0.05, 0.1) is 18.0 Å². The van der Waals surface area contributed by atoms with Crippen molar-refractivity contribution in [2.45, 2.75) is 90.1 Å². The molecule has 0 unspecified atom stereocenters. The molecule has 0 aliphatic carbocycles. The van der Waals surface area contributed by atoms with Crippen molar-refractivity contribution in [3.63, 3.8) is 0 Å². The number of alkyl carbamates (subject to hydrolysis) is 2. The molecule has 0 saturated heterocycles. The Hall–Kier alpha value is -8.39. The first-order chi connectivity index (χ1) is 35.7. The van der Waals surface area contributed by atoms with E-state index < -0.39 is 60.0 Å². The van der Waals surface area contributed by atoms with Gasteiger partial charge in [-0.1, -0.05) is 196 Å². The molecule has 0 radical (unpaired) electrons. The van der Waals surface area contributed by atoms with Crippen LogP contribution in [0.5, 0.6) is 0 Å². The Morgan fingerprint density at radius 2 is 0.703 bits per heavy atom. The third-order valence-corrected chi connectivity index (χ3v) is 11.9. The van der Waals surface area contributed by atoms with E-state index in [0.717, 1.165) is 33.4 Å². The van der Waals surface area contributed by atoms with Gasteiger partial charge in [0.2, 0.25) is 5.91 Å². The number of carboxylic acid groups (broad SMARTS) is 2. The molecule has 6 aromatic carbocycles. The number of amides is 3. The zero-order chi connectivity index (χ0) is 53.1. The van der Waals surface area contributed by atoms with Crippen LogP contribution in [0.2, 0.25) is 0 Å². The number of carbonyl (C=O) groups is 7. The third kappa shape index (κ3) is 20.8. The monoisotopic (exact) mass is 1000 g/mol. The molecule has 0 saturated carbocycles. The number of ether oxygens (including phenoxy) is 2. The number of rotatable bonds is 26. The molecule has 0 aliphatic rings. The van der Waals surface area contributed by atoms with Gasteiger partial charge in [-0.25, -0.2) is 14.4 Å². The molecular formula is C60H65N3O11. The summed E-state index contributed by atoms with van der Waals surface area (Å²) in [6, 6.07) is 52.5. The lowest BCUT2D eigenvalue weighted by atomic mass is 9.89. The van der Waals surface area contributed by atoms with E-state index in [4.69, 9.17) is 9.47 Å². The van der Waals surface area contributed by atoms with Crippen LogP contribution in [0.15, 0.2) is 182 Å². The Balaban J connectivity index is 0.000000280. The minimum absolute atomic E-state index is 0.0460. The summed E-state index contributed by atoms with van der Waals surface area (Å²) in [6.45, 7) is 3.88. The van der Waals surface area contributed by atoms with E-state index in [2.05, 4.69) is 16.0 Å². The number of Topliss-reactive ketones (excluding diaryl/α,β-unsaturated/α-hetero) is 2. The van der Waals surface area contributed by atoms with Gasteiger partial charge in [0.25, 0.3) is 0 Å². The summed E-state index contributed by atoms with van der Waals surface area (Å²) in [5, 5.41) is 27.3. The lowest BCUT2D eigenvalue weighted by molar-refractivity contribution is -0.144. The second-order valence-electron chi connectivity index (χ2n) is 18.4. The molecule has 74 heavy (non-hydrogen) atoms. The van der Waals surface area contributed by atoms with Gasteiger partial charge in [-0.05, 0) is 71.4 Å². The molecule has 5 N–H and O–H groups in total. The van der Waals surface area contributed by atoms with Crippen molar-refractivity contribution in [2.75, 3.05) is 0 Å². The van der Waals surface area contributed by atoms with Crippen molar-refractivity contribution >= 4 is 41.6 Å². The lowest BCUT2D eigenvalue weighted by Gasteiger charge is -2.24. The van der Waals surface area contributed by atoms with Crippen LogP contribution in [0, 0.1) is 17.8 Å². The summed E-state index contributed by atoms with van der Waals surface area (Å²) in [6.07, 6.45) is -0.646. The van der Waals surface area contributed by atoms with Gasteiger partial charge in [0.15, 0.2) is 11.6 Å². The fourth-order valence-electron chi connectivity index (χ4n) is 8.06. The molecule has 14 nitrogen and oxygen atoms in total. The molecule has 6 aromatic rings. The number of hydrogen-bond acceptors (Lipinski definition) is 9. The Morgan fingerprint density at radius 3 is 1.03 bits per heavy atom. The Morgan fingerprint density at radius 1 is 0.392 bits per heavy atom. The minimum Gasteiger partial charge on any atom is -0.481 e. The maximum absolute atomic E-state index is 13.7. The van der Waals surface area contributed by atoms with E-state index in [-0.39, 0.29) is 75.6 Å². The van der Waals surface area contributed by atoms with Crippen LogP contribution in [0.1, 0.15) is 66.5 Å². The molecule has 0 heterocycles. The highest BCUT2D eigenvalue weighted by Gasteiger charge is 2.32. The van der Waals surface area contributed by atoms with E-state index in [0.29, 0.717) is 0 Å². The van der Waals surface area contributed by atoms with Gasteiger partial charge in [-0.15, -0.1) is 0 Å². The highest BCUT2D eigenvalue weighted by molar-refractivity contribution is 5.93. The first-order valence-corrected chi connectivity index (χ1v) is 24.6. The van der Waals surface area contributed by atoms with E-state index in [1.807, 2.05) is 196 Å². The van der Waals surface area contributed by atoms with Crippen molar-refractivity contribution in [1.82, 2.24) is 16.0 Å². The fourth-order valence-corrected chi connectivity index (χ4v) is 8.06. The summed E-state index contributed by atoms with van der Waals surface area (Å²) >= 11 is 0. The zero-order valence-electron chi connectivity index (χ0n) is 41.7. The lowest BCUT2D eigenvalue weighted by Crippen LogP contribution is -2.47. The summed E-state index contributed by atoms with van der Waals surface area (Å²) in [4.78, 5) is 89.0. The molecule has 5 atom stereocenters. The van der Waals surface area contributed by atoms with Crippen LogP contribution in [-0.2, 0) is 72.3 Å². The SMILES string of the molecule is CC(C)C[C@H](NC(=O)[C@@H](CC(=O)[C@H](Cc1ccccc1)NC(=O)OCc1ccccc1)Cc1ccccc1)C(=O)O.O=C(N[C@@H](Cc1ccccc1)C(=O)C[C@@H](Cc1ccccc1)C(=O)O)OCc1ccccc1. The van der Waals surface area contributed by atoms with Gasteiger partial charge in [-0.2, -0.15) is 0 Å². The molecule has 0 aromatic heterocycles. The van der Waals surface area contributed by atoms with E-state index in [1.165, 1.54) is 0 Å². The van der Waals surface area contributed by atoms with Crippen molar-refractivity contribution < 1.29 is 53.2 Å². The Bertz CT molecular complexity index is 2670. The van der Waals surface area contributed by atoms with Crippen LogP contribution < -0.4 is 16.0 Å². The maximum atomic E-state index is 13.7. The van der Waals surface area contributed by atoms with Crippen molar-refractivity contribution in [3.8, 4) is 0 Å². The van der Waals surface area contributed by atoms with Gasteiger partial charge in [0.1, 0.15) is 19.3 Å². The second-order valence-corrected chi connectivity index (χ2v) is 18.4. The van der Waals surface area contributed by atoms with Crippen LogP contribution in [-0.4, -0.2) is 69.9 Å². The molecule has 6 rings (SSSR count). The van der Waals surface area contributed by atoms with Crippen LogP contribution in [0.4, 0.5) is 9.59 Å². The molecule has 14 heteroatoms. The van der Waals surface area contributed by atoms with E-state index >= 15 is 0 Å². The first-order valence-electron chi connectivity index (χ1n) is 24.6. The quantitative estimate of drug-likeness (QED) is 0.0345. The predicted octanol–water partition coefficient (Wildman–Crippen LogP) is 9.38. The first kappa shape index (κ1) is 56.5. The van der Waals surface area contributed by atoms with Crippen molar-refractivity contribution in [3.05, 3.63) is 215 Å². The number of benzene rings is 6. The molecule has 0 bridgehead atoms. The van der Waals surface area contributed by atoms with E-state index in [9.17, 15) is 43.8 Å². The predicted molar refractivity (Wildman–Crippen MR) is 281 cm³/mol. The molecule has 0 fully saturated rings. The Labute approximate surface area is 432 Å². The summed E-state index contributed by atoms with van der Waals surface area (Å²) in [5.74, 6) is -5.05. The number of nitrogens with one attached hydrogen (secondary N) is 3. The number of carbonyl (C=O) groups excluding carboxylic acids is 5. The van der Waals surface area contributed by atoms with Crippen molar-refractivity contribution in [2.24, 2.45) is 17.8 Å². The second kappa shape index (κ2) is 30.5. The number of carboxylic acids is 2. The minimum atomic E-state index is -1.12. The van der Waals surface area contributed by atoms with E-state index in [1.54, 1.807) is 0 Å². The van der Waals surface area contributed by atoms with Crippen LogP contribution in [0.25, 0.3) is 0 Å². The average molecular weight is 1000 g/mol. The highest BCUT2D eigenvalue weighted by Crippen LogP contribution is 2.19. The Kier molecular flexibility index (Phi) is 23.3.